The maximum atomic E-state index is 15.3. The molecule has 0 saturated heterocycles. The molecule has 1 aliphatic carbocycles. The lowest BCUT2D eigenvalue weighted by molar-refractivity contribution is 0.221. The number of aromatic nitrogens is 2. The molecule has 1 fully saturated rings. The third kappa shape index (κ3) is 6.78. The van der Waals surface area contributed by atoms with Gasteiger partial charge in [-0.1, -0.05) is 12.1 Å². The van der Waals surface area contributed by atoms with Crippen molar-refractivity contribution >= 4 is 39.2 Å². The highest BCUT2D eigenvalue weighted by Gasteiger charge is 2.39. The fourth-order valence-electron chi connectivity index (χ4n) is 5.91. The van der Waals surface area contributed by atoms with E-state index < -0.39 is 33.5 Å². The van der Waals surface area contributed by atoms with Crippen LogP contribution < -0.4 is 19.8 Å². The van der Waals surface area contributed by atoms with E-state index in [1.54, 1.807) is 11.1 Å². The maximum Gasteiger partial charge on any atom is 0.330 e. The summed E-state index contributed by atoms with van der Waals surface area (Å²) >= 11 is 0. The van der Waals surface area contributed by atoms with Gasteiger partial charge in [-0.25, -0.2) is 27.0 Å². The largest absolute Gasteiger partial charge is 0.351 e. The lowest BCUT2D eigenvalue weighted by atomic mass is 9.90. The average molecular weight is 628 g/mol. The number of rotatable bonds is 9. The molecule has 5 rings (SSSR count). The molecule has 0 radical (unpaired) electrons. The minimum Gasteiger partial charge on any atom is -0.351 e. The Morgan fingerprint density at radius 2 is 1.73 bits per heavy atom. The van der Waals surface area contributed by atoms with Crippen LogP contribution >= 0.6 is 0 Å². The van der Waals surface area contributed by atoms with Crippen molar-refractivity contribution in [2.45, 2.75) is 76.4 Å². The van der Waals surface area contributed by atoms with Crippen molar-refractivity contribution in [1.29, 1.82) is 0 Å². The van der Waals surface area contributed by atoms with E-state index in [-0.39, 0.29) is 29.5 Å². The highest BCUT2D eigenvalue weighted by Crippen LogP contribution is 2.40. The van der Waals surface area contributed by atoms with E-state index in [1.165, 1.54) is 29.2 Å². The smallest absolute Gasteiger partial charge is 0.330 e. The summed E-state index contributed by atoms with van der Waals surface area (Å²) in [6.45, 7) is 5.59. The standard InChI is InChI=1S/C31H39F2N7O3S/c1-19(2)39-29-26(17-34-30(36-29)35-23-10-12-24(13-11-23)38(4)5)20(3)40(31(39)41)25-14-15-28(27(33)16-25)37-44(42,43)18-21-6-8-22(32)9-7-21/h6-9,14-17,19-20,23-24,37H,10-13,18H2,1-5H3,(H,34,35,36). The van der Waals surface area contributed by atoms with Crippen LogP contribution in [0.4, 0.5) is 36.7 Å². The quantitative estimate of drug-likeness (QED) is 0.304. The van der Waals surface area contributed by atoms with Gasteiger partial charge in [-0.3, -0.25) is 14.5 Å². The SMILES string of the molecule is CC(C)N1C(=O)N(c2ccc(NS(=O)(=O)Cc3ccc(F)cc3)c(F)c2)C(C)c2cnc(NC3CCC(N(C)C)CC3)nc21. The van der Waals surface area contributed by atoms with E-state index in [2.05, 4.69) is 34.0 Å². The van der Waals surface area contributed by atoms with Gasteiger partial charge in [-0.15, -0.1) is 0 Å². The molecular formula is C31H39F2N7O3S. The minimum absolute atomic E-state index is 0.250. The molecule has 0 bridgehead atoms. The molecule has 1 atom stereocenters. The number of sulfonamides is 1. The summed E-state index contributed by atoms with van der Waals surface area (Å²) in [5.41, 5.74) is 1.07. The molecule has 236 valence electrons. The highest BCUT2D eigenvalue weighted by molar-refractivity contribution is 7.91. The Kier molecular flexibility index (Phi) is 9.07. The Bertz CT molecular complexity index is 1610. The van der Waals surface area contributed by atoms with Crippen LogP contribution in [-0.2, 0) is 15.8 Å². The van der Waals surface area contributed by atoms with Gasteiger partial charge >= 0.3 is 6.03 Å². The predicted octanol–water partition coefficient (Wildman–Crippen LogP) is 5.90. The number of benzene rings is 2. The molecule has 0 spiro atoms. The number of halogens is 2. The average Bonchev–Trinajstić information content (AvgIpc) is 2.95. The van der Waals surface area contributed by atoms with Crippen LogP contribution in [0.3, 0.4) is 0 Å². The zero-order valence-corrected chi connectivity index (χ0v) is 26.4. The molecule has 2 amide bonds. The molecular weight excluding hydrogens is 588 g/mol. The Hall–Kier alpha value is -3.84. The van der Waals surface area contributed by atoms with Crippen LogP contribution in [0.2, 0.25) is 0 Å². The van der Waals surface area contributed by atoms with Crippen LogP contribution in [0.1, 0.15) is 63.6 Å². The normalized spacial score (nSPS) is 20.7. The number of nitrogens with zero attached hydrogens (tertiary/aromatic N) is 5. The third-order valence-electron chi connectivity index (χ3n) is 8.32. The number of amides is 2. The molecule has 1 aromatic heterocycles. The summed E-state index contributed by atoms with van der Waals surface area (Å²) in [7, 11) is 0.223. The van der Waals surface area contributed by atoms with E-state index in [4.69, 9.17) is 4.98 Å². The number of carbonyl (C=O) groups excluding carboxylic acids is 1. The lowest BCUT2D eigenvalue weighted by Crippen LogP contribution is -2.52. The predicted molar refractivity (Wildman–Crippen MR) is 168 cm³/mol. The molecule has 1 unspecified atom stereocenters. The number of hydrogen-bond acceptors (Lipinski definition) is 7. The summed E-state index contributed by atoms with van der Waals surface area (Å²) in [5, 5.41) is 3.46. The number of urea groups is 1. The fraction of sp³-hybridized carbons (Fsp3) is 0.452. The van der Waals surface area contributed by atoms with E-state index >= 15 is 4.39 Å². The number of nitrogens with one attached hydrogen (secondary N) is 2. The van der Waals surface area contributed by atoms with Crippen molar-refractivity contribution in [3.05, 3.63) is 71.4 Å². The molecule has 2 aliphatic rings. The van der Waals surface area contributed by atoms with Crippen LogP contribution in [0.15, 0.2) is 48.7 Å². The monoisotopic (exact) mass is 627 g/mol. The summed E-state index contributed by atoms with van der Waals surface area (Å²) in [5.74, 6) is -0.794. The van der Waals surface area contributed by atoms with Gasteiger partial charge in [-0.2, -0.15) is 4.98 Å². The van der Waals surface area contributed by atoms with Crippen molar-refractivity contribution in [2.75, 3.05) is 33.9 Å². The second-order valence-electron chi connectivity index (χ2n) is 12.0. The Labute approximate surface area is 257 Å². The van der Waals surface area contributed by atoms with Crippen molar-refractivity contribution in [3.63, 3.8) is 0 Å². The molecule has 44 heavy (non-hydrogen) atoms. The first-order valence-electron chi connectivity index (χ1n) is 14.8. The minimum atomic E-state index is -3.99. The summed E-state index contributed by atoms with van der Waals surface area (Å²) in [6.07, 6.45) is 5.89. The van der Waals surface area contributed by atoms with Gasteiger partial charge in [0.2, 0.25) is 16.0 Å². The van der Waals surface area contributed by atoms with Crippen LogP contribution in [0, 0.1) is 11.6 Å². The van der Waals surface area contributed by atoms with Crippen LogP contribution in [-0.4, -0.2) is 61.5 Å². The second kappa shape index (κ2) is 12.6. The number of fused-ring (bicyclic) bond motifs is 1. The van der Waals surface area contributed by atoms with Crippen molar-refractivity contribution in [1.82, 2.24) is 14.9 Å². The second-order valence-corrected chi connectivity index (χ2v) is 13.8. The molecule has 1 saturated carbocycles. The van der Waals surface area contributed by atoms with E-state index in [0.717, 1.165) is 43.9 Å². The maximum absolute atomic E-state index is 15.3. The first kappa shape index (κ1) is 31.6. The van der Waals surface area contributed by atoms with Gasteiger partial charge in [0.15, 0.2) is 0 Å². The van der Waals surface area contributed by atoms with Crippen LogP contribution in [0.25, 0.3) is 0 Å². The lowest BCUT2D eigenvalue weighted by Gasteiger charge is -2.42. The number of anilines is 4. The molecule has 2 aromatic carbocycles. The van der Waals surface area contributed by atoms with Crippen molar-refractivity contribution < 1.29 is 22.0 Å². The van der Waals surface area contributed by atoms with E-state index in [1.807, 2.05) is 20.8 Å². The van der Waals surface area contributed by atoms with Gasteiger partial charge in [0.25, 0.3) is 0 Å². The molecule has 3 aromatic rings. The van der Waals surface area contributed by atoms with Gasteiger partial charge in [0, 0.05) is 35.6 Å². The van der Waals surface area contributed by atoms with Gasteiger partial charge in [-0.05, 0) is 96.4 Å². The summed E-state index contributed by atoms with van der Waals surface area (Å²) < 4.78 is 56.1. The summed E-state index contributed by atoms with van der Waals surface area (Å²) in [4.78, 5) is 28.6. The molecule has 2 N–H and O–H groups in total. The zero-order chi connectivity index (χ0) is 31.8. The van der Waals surface area contributed by atoms with Crippen LogP contribution in [0.5, 0.6) is 0 Å². The van der Waals surface area contributed by atoms with Crippen molar-refractivity contribution in [2.24, 2.45) is 0 Å². The van der Waals surface area contributed by atoms with Crippen molar-refractivity contribution in [3.8, 4) is 0 Å². The molecule has 2 heterocycles. The first-order valence-corrected chi connectivity index (χ1v) is 16.4. The number of carbonyl (C=O) groups is 1. The molecule has 1 aliphatic heterocycles. The zero-order valence-electron chi connectivity index (χ0n) is 25.6. The number of hydrogen-bond donors (Lipinski definition) is 2. The van der Waals surface area contributed by atoms with Gasteiger partial charge in [0.05, 0.1) is 17.5 Å². The fourth-order valence-corrected chi connectivity index (χ4v) is 7.11. The molecule has 13 heteroatoms. The summed E-state index contributed by atoms with van der Waals surface area (Å²) in [6, 6.07) is 8.63. The van der Waals surface area contributed by atoms with E-state index in [0.29, 0.717) is 28.9 Å². The van der Waals surface area contributed by atoms with Gasteiger partial charge < -0.3 is 10.2 Å². The Morgan fingerprint density at radius 3 is 2.34 bits per heavy atom. The topological polar surface area (TPSA) is 111 Å². The highest BCUT2D eigenvalue weighted by atomic mass is 32.2. The first-order chi connectivity index (χ1) is 20.8. The van der Waals surface area contributed by atoms with Gasteiger partial charge in [0.1, 0.15) is 17.5 Å². The third-order valence-corrected chi connectivity index (χ3v) is 9.56. The Morgan fingerprint density at radius 1 is 1.05 bits per heavy atom. The Balaban J connectivity index is 1.35. The van der Waals surface area contributed by atoms with E-state index in [9.17, 15) is 17.6 Å². The molecule has 10 nitrogen and oxygen atoms in total.